The van der Waals surface area contributed by atoms with Gasteiger partial charge in [0.1, 0.15) is 24.2 Å². The van der Waals surface area contributed by atoms with Gasteiger partial charge in [-0.05, 0) is 19.1 Å². The highest BCUT2D eigenvalue weighted by Gasteiger charge is 2.19. The molecule has 0 saturated heterocycles. The summed E-state index contributed by atoms with van der Waals surface area (Å²) in [5, 5.41) is 21.8. The van der Waals surface area contributed by atoms with E-state index in [1.165, 1.54) is 6.33 Å². The number of nitrogens with zero attached hydrogens (tertiary/aromatic N) is 9. The Morgan fingerprint density at radius 2 is 2.15 bits per heavy atom. The van der Waals surface area contributed by atoms with E-state index >= 15 is 0 Å². The topological polar surface area (TPSA) is 122 Å². The van der Waals surface area contributed by atoms with Crippen molar-refractivity contribution in [1.29, 1.82) is 0 Å². The number of fused-ring (bicyclic) bond motifs is 3. The fourth-order valence-electron chi connectivity index (χ4n) is 2.75. The molecule has 0 aliphatic rings. The zero-order valence-corrected chi connectivity index (χ0v) is 14.4. The Hall–Kier alpha value is -3.89. The molecule has 5 rings (SSSR count). The third-order valence-electron chi connectivity index (χ3n) is 4.08. The Morgan fingerprint density at radius 1 is 1.22 bits per heavy atom. The van der Waals surface area contributed by atoms with Crippen molar-refractivity contribution in [1.82, 2.24) is 44.7 Å². The van der Waals surface area contributed by atoms with Crippen LogP contribution in [-0.2, 0) is 13.7 Å². The first kappa shape index (κ1) is 15.4. The third kappa shape index (κ3) is 2.47. The molecule has 0 aliphatic heterocycles. The molecule has 11 nitrogen and oxygen atoms in total. The van der Waals surface area contributed by atoms with Gasteiger partial charge in [0.2, 0.25) is 5.82 Å². The van der Waals surface area contributed by atoms with Crippen LogP contribution in [0.1, 0.15) is 11.6 Å². The zero-order valence-electron chi connectivity index (χ0n) is 14.4. The van der Waals surface area contributed by atoms with Crippen molar-refractivity contribution in [2.24, 2.45) is 7.05 Å². The second kappa shape index (κ2) is 5.83. The average molecular weight is 363 g/mol. The molecule has 0 aromatic carbocycles. The summed E-state index contributed by atoms with van der Waals surface area (Å²) < 4.78 is 14.3. The van der Waals surface area contributed by atoms with Crippen molar-refractivity contribution in [2.45, 2.75) is 13.5 Å². The minimum atomic E-state index is 0.196. The molecule has 0 fully saturated rings. The maximum atomic E-state index is 5.90. The van der Waals surface area contributed by atoms with E-state index in [0.29, 0.717) is 40.1 Å². The first-order valence-corrected chi connectivity index (χ1v) is 8.10. The molecular weight excluding hydrogens is 350 g/mol. The largest absolute Gasteiger partial charge is 0.467 e. The molecule has 0 spiro atoms. The van der Waals surface area contributed by atoms with Crippen LogP contribution in [0.4, 0.5) is 0 Å². The van der Waals surface area contributed by atoms with Crippen molar-refractivity contribution in [3.63, 3.8) is 0 Å². The van der Waals surface area contributed by atoms with Gasteiger partial charge in [-0.25, -0.2) is 4.98 Å². The van der Waals surface area contributed by atoms with Crippen LogP contribution in [0.15, 0.2) is 35.2 Å². The molecule has 134 valence electrons. The number of ether oxygens (including phenoxy) is 1. The molecule has 0 radical (unpaired) electrons. The summed E-state index contributed by atoms with van der Waals surface area (Å²) in [7, 11) is 1.80. The molecule has 11 heteroatoms. The molecule has 5 aromatic rings. The number of rotatable bonds is 4. The maximum absolute atomic E-state index is 5.90. The van der Waals surface area contributed by atoms with Crippen LogP contribution in [0.2, 0.25) is 0 Å². The van der Waals surface area contributed by atoms with Gasteiger partial charge >= 0.3 is 0 Å². The van der Waals surface area contributed by atoms with Crippen molar-refractivity contribution >= 4 is 16.6 Å². The molecule has 5 aromatic heterocycles. The molecule has 5 heterocycles. The number of aryl methyl sites for hydroxylation is 2. The van der Waals surface area contributed by atoms with E-state index in [2.05, 4.69) is 35.5 Å². The maximum Gasteiger partial charge on any atom is 0.259 e. The van der Waals surface area contributed by atoms with Gasteiger partial charge in [0.25, 0.3) is 5.88 Å². The van der Waals surface area contributed by atoms with Gasteiger partial charge in [0.15, 0.2) is 17.2 Å². The second-order valence-electron chi connectivity index (χ2n) is 5.88. The third-order valence-corrected chi connectivity index (χ3v) is 4.08. The number of hydrogen-bond donors (Lipinski definition) is 0. The van der Waals surface area contributed by atoms with Gasteiger partial charge in [-0.3, -0.25) is 9.67 Å². The predicted molar refractivity (Wildman–Crippen MR) is 91.7 cm³/mol. The lowest BCUT2D eigenvalue weighted by molar-refractivity contribution is 0.277. The SMILES string of the molecule is Cc1cc(-c2nnc3c4cccnc4c(OCc4ncnn4C)nn23)no1. The smallest absolute Gasteiger partial charge is 0.259 e. The highest BCUT2D eigenvalue weighted by molar-refractivity contribution is 5.94. The van der Waals surface area contributed by atoms with Crippen molar-refractivity contribution in [2.75, 3.05) is 0 Å². The molecule has 0 bridgehead atoms. The Bertz CT molecular complexity index is 1270. The number of pyridine rings is 1. The van der Waals surface area contributed by atoms with Crippen LogP contribution in [0.5, 0.6) is 5.88 Å². The van der Waals surface area contributed by atoms with E-state index < -0.39 is 0 Å². The number of aromatic nitrogens is 9. The van der Waals surface area contributed by atoms with Crippen LogP contribution in [0.25, 0.3) is 28.1 Å². The van der Waals surface area contributed by atoms with Crippen LogP contribution in [-0.4, -0.2) is 44.7 Å². The summed E-state index contributed by atoms with van der Waals surface area (Å²) in [5.41, 5.74) is 1.68. The average Bonchev–Trinajstić information content (AvgIpc) is 3.39. The molecule has 0 N–H and O–H groups in total. The van der Waals surface area contributed by atoms with Crippen molar-refractivity contribution < 1.29 is 9.26 Å². The van der Waals surface area contributed by atoms with E-state index in [1.807, 2.05) is 19.1 Å². The van der Waals surface area contributed by atoms with Crippen LogP contribution in [0.3, 0.4) is 0 Å². The van der Waals surface area contributed by atoms with E-state index in [0.717, 1.165) is 5.39 Å². The molecular formula is C16H13N9O2. The lowest BCUT2D eigenvalue weighted by Crippen LogP contribution is -2.08. The normalized spacial score (nSPS) is 11.5. The van der Waals surface area contributed by atoms with Gasteiger partial charge in [0, 0.05) is 19.3 Å². The molecule has 0 unspecified atom stereocenters. The minimum Gasteiger partial charge on any atom is -0.467 e. The van der Waals surface area contributed by atoms with Crippen LogP contribution in [0, 0.1) is 6.92 Å². The van der Waals surface area contributed by atoms with E-state index in [4.69, 9.17) is 9.26 Å². The van der Waals surface area contributed by atoms with Crippen molar-refractivity contribution in [3.8, 4) is 17.4 Å². The monoisotopic (exact) mass is 363 g/mol. The molecule has 0 aliphatic carbocycles. The van der Waals surface area contributed by atoms with Gasteiger partial charge < -0.3 is 9.26 Å². The zero-order chi connectivity index (χ0) is 18.4. The van der Waals surface area contributed by atoms with Gasteiger partial charge in [0.05, 0.1) is 5.39 Å². The Labute approximate surface area is 151 Å². The fraction of sp³-hybridized carbons (Fsp3) is 0.188. The van der Waals surface area contributed by atoms with Gasteiger partial charge in [-0.2, -0.15) is 9.61 Å². The summed E-state index contributed by atoms with van der Waals surface area (Å²) in [4.78, 5) is 8.55. The fourth-order valence-corrected chi connectivity index (χ4v) is 2.75. The summed E-state index contributed by atoms with van der Waals surface area (Å²) in [6.07, 6.45) is 3.14. The number of hydrogen-bond acceptors (Lipinski definition) is 9. The van der Waals surface area contributed by atoms with E-state index in [1.54, 1.807) is 28.5 Å². The van der Waals surface area contributed by atoms with E-state index in [9.17, 15) is 0 Å². The Balaban J connectivity index is 1.67. The molecule has 0 atom stereocenters. The quantitative estimate of drug-likeness (QED) is 0.465. The first-order valence-electron chi connectivity index (χ1n) is 8.10. The highest BCUT2D eigenvalue weighted by atomic mass is 16.5. The lowest BCUT2D eigenvalue weighted by atomic mass is 10.3. The van der Waals surface area contributed by atoms with Gasteiger partial charge in [-0.1, -0.05) is 5.16 Å². The summed E-state index contributed by atoms with van der Waals surface area (Å²) >= 11 is 0. The molecule has 27 heavy (non-hydrogen) atoms. The standard InChI is InChI=1S/C16H13N9O2/c1-9-6-11(23-27-9)15-21-20-14-10-4-3-5-17-13(10)16(22-25(14)15)26-7-12-18-8-19-24(12)2/h3-6,8H,7H2,1-2H3. The first-order chi connectivity index (χ1) is 13.2. The molecule has 0 saturated carbocycles. The summed E-state index contributed by atoms with van der Waals surface area (Å²) in [6.45, 7) is 2.00. The predicted octanol–water partition coefficient (Wildman–Crippen LogP) is 1.34. The summed E-state index contributed by atoms with van der Waals surface area (Å²) in [5.74, 6) is 2.12. The Kier molecular flexibility index (Phi) is 3.32. The lowest BCUT2D eigenvalue weighted by Gasteiger charge is -2.08. The van der Waals surface area contributed by atoms with Crippen LogP contribution >= 0.6 is 0 Å². The minimum absolute atomic E-state index is 0.196. The van der Waals surface area contributed by atoms with Crippen molar-refractivity contribution in [3.05, 3.63) is 42.3 Å². The Morgan fingerprint density at radius 3 is 2.93 bits per heavy atom. The van der Waals surface area contributed by atoms with E-state index in [-0.39, 0.29) is 6.61 Å². The van der Waals surface area contributed by atoms with Crippen LogP contribution < -0.4 is 4.74 Å². The molecule has 0 amide bonds. The summed E-state index contributed by atoms with van der Waals surface area (Å²) in [6, 6.07) is 5.48. The highest BCUT2D eigenvalue weighted by Crippen LogP contribution is 2.27. The second-order valence-corrected chi connectivity index (χ2v) is 5.88. The van der Waals surface area contributed by atoms with Gasteiger partial charge in [-0.15, -0.1) is 15.3 Å².